The molecule has 2 aromatic carbocycles. The minimum atomic E-state index is -0.781. The van der Waals surface area contributed by atoms with Crippen molar-refractivity contribution in [1.29, 1.82) is 0 Å². The third kappa shape index (κ3) is 10.2. The summed E-state index contributed by atoms with van der Waals surface area (Å²) in [5.41, 5.74) is 1.97. The van der Waals surface area contributed by atoms with Gasteiger partial charge in [-0.25, -0.2) is 9.59 Å². The number of thioether (sulfide) groups is 2. The molecule has 6 rings (SSSR count). The molecule has 13 heteroatoms. The first-order chi connectivity index (χ1) is 27.2. The standard InChI is InChI=1S/C43H55N3O8S2/c1-53-42(51)34-15-9-17-37-45(34)40(49)32(21-23-55-37)27-36(47)30(25-28-11-5-3-6-12-28)19-20-31(26-29-13-7-4-8-14-29)39(48)44-33-22-24-56-38-18-10-16-35(43(52)54-2)46(38)41(33)50/h3-8,11-14,30-35,37-38H,9-10,15-27H2,1-2H3,(H,44,48)/t30-,31-,32-,33-,34+,35+,37+,38-/m1/s1. The monoisotopic (exact) mass is 805 g/mol. The van der Waals surface area contributed by atoms with Crippen LogP contribution in [0.1, 0.15) is 81.8 Å². The van der Waals surface area contributed by atoms with E-state index in [0.717, 1.165) is 42.6 Å². The van der Waals surface area contributed by atoms with Crippen LogP contribution in [0.5, 0.6) is 0 Å². The Labute approximate surface area is 338 Å². The second-order valence-corrected chi connectivity index (χ2v) is 18.0. The number of ether oxygens (including phenoxy) is 2. The summed E-state index contributed by atoms with van der Waals surface area (Å²) in [5, 5.41) is 2.85. The lowest BCUT2D eigenvalue weighted by atomic mass is 9.82. The second-order valence-electron chi connectivity index (χ2n) is 15.4. The maximum atomic E-state index is 14.4. The molecule has 11 nitrogen and oxygen atoms in total. The largest absolute Gasteiger partial charge is 0.467 e. The molecule has 8 atom stereocenters. The minimum absolute atomic E-state index is 0.0258. The van der Waals surface area contributed by atoms with E-state index >= 15 is 0 Å². The molecule has 4 fully saturated rings. The number of nitrogens with zero attached hydrogens (tertiary/aromatic N) is 2. The lowest BCUT2D eigenvalue weighted by Gasteiger charge is -2.40. The van der Waals surface area contributed by atoms with E-state index in [0.29, 0.717) is 57.1 Å². The average Bonchev–Trinajstić information content (AvgIpc) is 3.48. The van der Waals surface area contributed by atoms with Crippen LogP contribution in [0.3, 0.4) is 0 Å². The lowest BCUT2D eigenvalue weighted by Crippen LogP contribution is -2.57. The number of Topliss-reactive ketones (excluding diaryl/α,β-unsaturated/α-hetero) is 1. The fourth-order valence-corrected chi connectivity index (χ4v) is 11.6. The molecule has 0 spiro atoms. The summed E-state index contributed by atoms with van der Waals surface area (Å²) in [7, 11) is 2.68. The molecule has 0 saturated carbocycles. The normalized spacial score (nSPS) is 26.4. The smallest absolute Gasteiger partial charge is 0.328 e. The zero-order valence-electron chi connectivity index (χ0n) is 32.5. The van der Waals surface area contributed by atoms with Gasteiger partial charge in [-0.15, -0.1) is 23.5 Å². The molecule has 3 amide bonds. The first-order valence-corrected chi connectivity index (χ1v) is 22.2. The number of rotatable bonds is 14. The number of amides is 3. The molecular formula is C43H55N3O8S2. The summed E-state index contributed by atoms with van der Waals surface area (Å²) in [6.45, 7) is 0. The Morgan fingerprint density at radius 1 is 0.679 bits per heavy atom. The second kappa shape index (κ2) is 20.0. The number of carbonyl (C=O) groups is 6. The first kappa shape index (κ1) is 41.8. The van der Waals surface area contributed by atoms with Crippen LogP contribution in [-0.4, -0.2) is 99.8 Å². The zero-order chi connectivity index (χ0) is 39.6. The van der Waals surface area contributed by atoms with Crippen molar-refractivity contribution in [2.24, 2.45) is 17.8 Å². The van der Waals surface area contributed by atoms with Gasteiger partial charge in [-0.2, -0.15) is 0 Å². The van der Waals surface area contributed by atoms with Crippen molar-refractivity contribution in [2.45, 2.75) is 112 Å². The van der Waals surface area contributed by atoms with Crippen LogP contribution >= 0.6 is 23.5 Å². The molecule has 4 aliphatic heterocycles. The highest BCUT2D eigenvalue weighted by Gasteiger charge is 2.45. The summed E-state index contributed by atoms with van der Waals surface area (Å²) >= 11 is 3.32. The highest BCUT2D eigenvalue weighted by Crippen LogP contribution is 2.38. The van der Waals surface area contributed by atoms with Crippen LogP contribution in [0.25, 0.3) is 0 Å². The first-order valence-electron chi connectivity index (χ1n) is 20.1. The summed E-state index contributed by atoms with van der Waals surface area (Å²) < 4.78 is 10.2. The summed E-state index contributed by atoms with van der Waals surface area (Å²) in [4.78, 5) is 85.8. The molecule has 1 N–H and O–H groups in total. The molecule has 0 radical (unpaired) electrons. The molecule has 4 saturated heterocycles. The average molecular weight is 806 g/mol. The van der Waals surface area contributed by atoms with Gasteiger partial charge in [-0.3, -0.25) is 19.2 Å². The molecule has 0 aromatic heterocycles. The molecule has 56 heavy (non-hydrogen) atoms. The topological polar surface area (TPSA) is 139 Å². The van der Waals surface area contributed by atoms with Crippen LogP contribution < -0.4 is 5.32 Å². The summed E-state index contributed by atoms with van der Waals surface area (Å²) in [5.74, 6) is -1.68. The Morgan fingerprint density at radius 3 is 1.73 bits per heavy atom. The fraction of sp³-hybridized carbons (Fsp3) is 0.581. The Kier molecular flexibility index (Phi) is 14.9. The molecule has 4 aliphatic rings. The van der Waals surface area contributed by atoms with Gasteiger partial charge in [0.1, 0.15) is 23.9 Å². The number of nitrogens with one attached hydrogen (secondary N) is 1. The van der Waals surface area contributed by atoms with E-state index in [1.165, 1.54) is 14.2 Å². The van der Waals surface area contributed by atoms with Crippen molar-refractivity contribution in [2.75, 3.05) is 25.7 Å². The molecule has 302 valence electrons. The minimum Gasteiger partial charge on any atom is -0.467 e. The van der Waals surface area contributed by atoms with E-state index < -0.39 is 47.8 Å². The van der Waals surface area contributed by atoms with Crippen LogP contribution in [0.2, 0.25) is 0 Å². The highest BCUT2D eigenvalue weighted by atomic mass is 32.2. The maximum absolute atomic E-state index is 14.4. The Hall–Kier alpha value is -3.84. The molecule has 0 aliphatic carbocycles. The quantitative estimate of drug-likeness (QED) is 0.241. The lowest BCUT2D eigenvalue weighted by molar-refractivity contribution is -0.157. The van der Waals surface area contributed by atoms with Gasteiger partial charge in [-0.1, -0.05) is 60.7 Å². The zero-order valence-corrected chi connectivity index (χ0v) is 34.1. The maximum Gasteiger partial charge on any atom is 0.328 e. The predicted octanol–water partition coefficient (Wildman–Crippen LogP) is 5.58. The van der Waals surface area contributed by atoms with Gasteiger partial charge in [0.15, 0.2) is 0 Å². The molecular weight excluding hydrogens is 751 g/mol. The predicted molar refractivity (Wildman–Crippen MR) is 216 cm³/mol. The van der Waals surface area contributed by atoms with Gasteiger partial charge in [0, 0.05) is 24.2 Å². The number of benzene rings is 2. The SMILES string of the molecule is COC(=O)[C@@H]1CCC[C@@H]2SCC[C@H](CC(=O)[C@H](CC[C@H](Cc3ccccc3)C(=O)N[C@@H]3CCS[C@@H]4CCC[C@@H](C(=O)OC)N4C3=O)Cc3ccccc3)C(=O)N21. The number of carbonyl (C=O) groups excluding carboxylic acids is 6. The van der Waals surface area contributed by atoms with Gasteiger partial charge < -0.3 is 24.6 Å². The number of ketones is 1. The molecule has 0 unspecified atom stereocenters. The van der Waals surface area contributed by atoms with Gasteiger partial charge in [0.25, 0.3) is 0 Å². The van der Waals surface area contributed by atoms with Gasteiger partial charge in [0.05, 0.1) is 25.0 Å². The van der Waals surface area contributed by atoms with Gasteiger partial charge in [0.2, 0.25) is 17.7 Å². The van der Waals surface area contributed by atoms with Crippen molar-refractivity contribution >= 4 is 59.0 Å². The van der Waals surface area contributed by atoms with E-state index in [2.05, 4.69) is 5.32 Å². The Balaban J connectivity index is 1.20. The highest BCUT2D eigenvalue weighted by molar-refractivity contribution is 8.00. The van der Waals surface area contributed by atoms with E-state index in [9.17, 15) is 28.8 Å². The van der Waals surface area contributed by atoms with Crippen LogP contribution in [0, 0.1) is 17.8 Å². The Bertz CT molecular complexity index is 1570. The van der Waals surface area contributed by atoms with Crippen LogP contribution in [0.4, 0.5) is 0 Å². The van der Waals surface area contributed by atoms with E-state index in [4.69, 9.17) is 9.47 Å². The molecule has 4 heterocycles. The molecule has 0 bridgehead atoms. The van der Waals surface area contributed by atoms with E-state index in [1.807, 2.05) is 60.7 Å². The number of methoxy groups -OCH3 is 2. The van der Waals surface area contributed by atoms with Crippen molar-refractivity contribution in [3.05, 3.63) is 71.8 Å². The van der Waals surface area contributed by atoms with E-state index in [-0.39, 0.29) is 40.7 Å². The van der Waals surface area contributed by atoms with Crippen LogP contribution in [-0.2, 0) is 51.1 Å². The Morgan fingerprint density at radius 2 is 1.18 bits per heavy atom. The third-order valence-corrected chi connectivity index (χ3v) is 14.5. The number of piperidine rings is 2. The third-order valence-electron chi connectivity index (χ3n) is 11.8. The number of fused-ring (bicyclic) bond motifs is 2. The number of esters is 2. The molecule has 2 aromatic rings. The van der Waals surface area contributed by atoms with Crippen molar-refractivity contribution in [3.8, 4) is 0 Å². The van der Waals surface area contributed by atoms with Crippen molar-refractivity contribution < 1.29 is 38.2 Å². The van der Waals surface area contributed by atoms with Crippen molar-refractivity contribution in [1.82, 2.24) is 15.1 Å². The summed E-state index contributed by atoms with van der Waals surface area (Å²) in [6, 6.07) is 17.4. The number of hydrogen-bond acceptors (Lipinski definition) is 10. The number of hydrogen-bond donors (Lipinski definition) is 1. The summed E-state index contributed by atoms with van der Waals surface area (Å²) in [6.07, 6.45) is 7.09. The van der Waals surface area contributed by atoms with Crippen molar-refractivity contribution in [3.63, 3.8) is 0 Å². The van der Waals surface area contributed by atoms with Gasteiger partial charge in [-0.05, 0) is 99.7 Å². The van der Waals surface area contributed by atoms with Crippen LogP contribution in [0.15, 0.2) is 60.7 Å². The van der Waals surface area contributed by atoms with Gasteiger partial charge >= 0.3 is 11.9 Å². The fourth-order valence-electron chi connectivity index (χ4n) is 8.81. The van der Waals surface area contributed by atoms with E-state index in [1.54, 1.807) is 33.3 Å².